The molecule has 2 fully saturated rings. The van der Waals surface area contributed by atoms with E-state index in [-0.39, 0.29) is 5.91 Å². The number of hydrogen-bond donors (Lipinski definition) is 1. The van der Waals surface area contributed by atoms with Gasteiger partial charge in [0.25, 0.3) is 5.91 Å². The Bertz CT molecular complexity index is 884. The normalized spacial score (nSPS) is 17.7. The third-order valence-electron chi connectivity index (χ3n) is 6.35. The average Bonchev–Trinajstić information content (AvgIpc) is 2.84. The molecule has 162 valence electrons. The standard InChI is InChI=1S/C27H33N3O/c31-27(25-13-11-24(12-14-25)10-9-23-7-3-1-4-8-23)30-20-15-26(16-21-30)28-17-22-29-18-5-2-6-19-29/h1,3-4,7-8,11-14,26,28H,2,5-6,15-22H2. The Morgan fingerprint density at radius 2 is 1.48 bits per heavy atom. The SMILES string of the molecule is O=C(c1ccc(C#Cc2ccccc2)cc1)N1CCC(NCCN2CCCCC2)CC1. The molecule has 4 rings (SSSR count). The maximum absolute atomic E-state index is 12.9. The van der Waals surface area contributed by atoms with Crippen LogP contribution in [0.3, 0.4) is 0 Å². The third kappa shape index (κ3) is 6.43. The summed E-state index contributed by atoms with van der Waals surface area (Å²) in [5, 5.41) is 3.71. The molecule has 2 aromatic rings. The lowest BCUT2D eigenvalue weighted by Crippen LogP contribution is -2.46. The summed E-state index contributed by atoms with van der Waals surface area (Å²) >= 11 is 0. The number of hydrogen-bond acceptors (Lipinski definition) is 3. The number of benzene rings is 2. The van der Waals surface area contributed by atoms with Gasteiger partial charge in [0.05, 0.1) is 0 Å². The highest BCUT2D eigenvalue weighted by atomic mass is 16.2. The molecule has 31 heavy (non-hydrogen) atoms. The second kappa shape index (κ2) is 11.1. The number of rotatable bonds is 5. The fraction of sp³-hybridized carbons (Fsp3) is 0.444. The van der Waals surface area contributed by atoms with E-state index in [9.17, 15) is 4.79 Å². The maximum Gasteiger partial charge on any atom is 0.253 e. The Morgan fingerprint density at radius 1 is 0.839 bits per heavy atom. The second-order valence-electron chi connectivity index (χ2n) is 8.62. The molecule has 0 aliphatic carbocycles. The molecule has 0 saturated carbocycles. The van der Waals surface area contributed by atoms with Crippen LogP contribution in [-0.4, -0.2) is 61.0 Å². The molecule has 0 radical (unpaired) electrons. The summed E-state index contributed by atoms with van der Waals surface area (Å²) in [7, 11) is 0. The van der Waals surface area contributed by atoms with Crippen molar-refractivity contribution in [2.45, 2.75) is 38.1 Å². The van der Waals surface area contributed by atoms with Crippen LogP contribution in [0.1, 0.15) is 53.6 Å². The lowest BCUT2D eigenvalue weighted by Gasteiger charge is -2.33. The van der Waals surface area contributed by atoms with Gasteiger partial charge in [-0.2, -0.15) is 0 Å². The van der Waals surface area contributed by atoms with E-state index in [1.807, 2.05) is 59.5 Å². The Labute approximate surface area is 186 Å². The van der Waals surface area contributed by atoms with Crippen molar-refractivity contribution in [3.63, 3.8) is 0 Å². The fourth-order valence-electron chi connectivity index (χ4n) is 4.44. The summed E-state index contributed by atoms with van der Waals surface area (Å²) < 4.78 is 0. The predicted molar refractivity (Wildman–Crippen MR) is 126 cm³/mol. The third-order valence-corrected chi connectivity index (χ3v) is 6.35. The average molecular weight is 416 g/mol. The summed E-state index contributed by atoms with van der Waals surface area (Å²) in [6, 6.07) is 18.2. The zero-order valence-electron chi connectivity index (χ0n) is 18.4. The summed E-state index contributed by atoms with van der Waals surface area (Å²) in [6.45, 7) is 6.38. The monoisotopic (exact) mass is 415 g/mol. The van der Waals surface area contributed by atoms with Gasteiger partial charge in [-0.1, -0.05) is 36.5 Å². The quantitative estimate of drug-likeness (QED) is 0.755. The van der Waals surface area contributed by atoms with E-state index >= 15 is 0 Å². The Morgan fingerprint density at radius 3 is 2.16 bits per heavy atom. The Kier molecular flexibility index (Phi) is 7.76. The first-order valence-corrected chi connectivity index (χ1v) is 11.7. The summed E-state index contributed by atoms with van der Waals surface area (Å²) in [4.78, 5) is 17.4. The molecule has 2 aromatic carbocycles. The van der Waals surface area contributed by atoms with Gasteiger partial charge < -0.3 is 15.1 Å². The van der Waals surface area contributed by atoms with Gasteiger partial charge in [-0.05, 0) is 75.2 Å². The zero-order valence-corrected chi connectivity index (χ0v) is 18.4. The lowest BCUT2D eigenvalue weighted by atomic mass is 10.0. The molecule has 0 unspecified atom stereocenters. The zero-order chi connectivity index (χ0) is 21.3. The molecule has 4 heteroatoms. The van der Waals surface area contributed by atoms with Crippen LogP contribution in [0.25, 0.3) is 0 Å². The summed E-state index contributed by atoms with van der Waals surface area (Å²) in [5.41, 5.74) is 2.67. The molecule has 2 heterocycles. The van der Waals surface area contributed by atoms with Gasteiger partial charge >= 0.3 is 0 Å². The van der Waals surface area contributed by atoms with Gasteiger partial charge in [-0.3, -0.25) is 4.79 Å². The van der Waals surface area contributed by atoms with Crippen molar-refractivity contribution < 1.29 is 4.79 Å². The van der Waals surface area contributed by atoms with Gasteiger partial charge in [-0.15, -0.1) is 0 Å². The van der Waals surface area contributed by atoms with E-state index in [0.717, 1.165) is 55.7 Å². The molecule has 0 atom stereocenters. The Hall–Kier alpha value is -2.61. The van der Waals surface area contributed by atoms with Crippen LogP contribution >= 0.6 is 0 Å². The molecule has 1 amide bonds. The van der Waals surface area contributed by atoms with Gasteiger partial charge in [0.1, 0.15) is 0 Å². The molecule has 2 aliphatic heterocycles. The van der Waals surface area contributed by atoms with E-state index in [1.165, 1.54) is 32.4 Å². The number of likely N-dealkylation sites (tertiary alicyclic amines) is 2. The van der Waals surface area contributed by atoms with E-state index in [0.29, 0.717) is 6.04 Å². The molecule has 1 N–H and O–H groups in total. The van der Waals surface area contributed by atoms with Gasteiger partial charge in [-0.25, -0.2) is 0 Å². The first kappa shape index (κ1) is 21.6. The highest BCUT2D eigenvalue weighted by Crippen LogP contribution is 2.15. The first-order valence-electron chi connectivity index (χ1n) is 11.7. The van der Waals surface area contributed by atoms with E-state index in [2.05, 4.69) is 22.1 Å². The highest BCUT2D eigenvalue weighted by Gasteiger charge is 2.23. The van der Waals surface area contributed by atoms with Crippen molar-refractivity contribution in [2.24, 2.45) is 0 Å². The molecule has 0 bridgehead atoms. The highest BCUT2D eigenvalue weighted by molar-refractivity contribution is 5.94. The lowest BCUT2D eigenvalue weighted by molar-refractivity contribution is 0.0704. The minimum Gasteiger partial charge on any atom is -0.339 e. The molecular formula is C27H33N3O. The molecule has 0 aromatic heterocycles. The van der Waals surface area contributed by atoms with Gasteiger partial charge in [0.2, 0.25) is 0 Å². The predicted octanol–water partition coefficient (Wildman–Crippen LogP) is 3.77. The van der Waals surface area contributed by atoms with Gasteiger partial charge in [0, 0.05) is 48.9 Å². The van der Waals surface area contributed by atoms with Crippen molar-refractivity contribution in [3.8, 4) is 11.8 Å². The summed E-state index contributed by atoms with van der Waals surface area (Å²) in [6.07, 6.45) is 6.15. The van der Waals surface area contributed by atoms with Crippen molar-refractivity contribution in [3.05, 3.63) is 71.3 Å². The molecule has 4 nitrogen and oxygen atoms in total. The van der Waals surface area contributed by atoms with Crippen molar-refractivity contribution in [1.82, 2.24) is 15.1 Å². The summed E-state index contributed by atoms with van der Waals surface area (Å²) in [5.74, 6) is 6.46. The molecule has 2 saturated heterocycles. The van der Waals surface area contributed by atoms with Crippen LogP contribution in [0.4, 0.5) is 0 Å². The number of nitrogens with zero attached hydrogens (tertiary/aromatic N) is 2. The van der Waals surface area contributed by atoms with Crippen LogP contribution in [-0.2, 0) is 0 Å². The van der Waals surface area contributed by atoms with Crippen LogP contribution in [0.5, 0.6) is 0 Å². The van der Waals surface area contributed by atoms with E-state index in [4.69, 9.17) is 0 Å². The Balaban J connectivity index is 1.21. The van der Waals surface area contributed by atoms with Crippen LogP contribution in [0, 0.1) is 11.8 Å². The van der Waals surface area contributed by atoms with Crippen molar-refractivity contribution >= 4 is 5.91 Å². The van der Waals surface area contributed by atoms with Gasteiger partial charge in [0.15, 0.2) is 0 Å². The maximum atomic E-state index is 12.9. The topological polar surface area (TPSA) is 35.6 Å². The second-order valence-corrected chi connectivity index (χ2v) is 8.62. The van der Waals surface area contributed by atoms with Crippen LogP contribution in [0.15, 0.2) is 54.6 Å². The van der Waals surface area contributed by atoms with E-state index < -0.39 is 0 Å². The van der Waals surface area contributed by atoms with Crippen LogP contribution < -0.4 is 5.32 Å². The molecular weight excluding hydrogens is 382 g/mol. The number of carbonyl (C=O) groups is 1. The fourth-order valence-corrected chi connectivity index (χ4v) is 4.44. The minimum atomic E-state index is 0.134. The number of carbonyl (C=O) groups excluding carboxylic acids is 1. The number of amides is 1. The first-order chi connectivity index (χ1) is 15.3. The largest absolute Gasteiger partial charge is 0.339 e. The minimum absolute atomic E-state index is 0.134. The van der Waals surface area contributed by atoms with Crippen molar-refractivity contribution in [1.29, 1.82) is 0 Å². The van der Waals surface area contributed by atoms with Crippen molar-refractivity contribution in [2.75, 3.05) is 39.3 Å². The molecule has 0 spiro atoms. The number of piperidine rings is 2. The van der Waals surface area contributed by atoms with E-state index in [1.54, 1.807) is 0 Å². The molecule has 2 aliphatic rings. The smallest absolute Gasteiger partial charge is 0.253 e. The number of nitrogens with one attached hydrogen (secondary N) is 1. The van der Waals surface area contributed by atoms with Crippen LogP contribution in [0.2, 0.25) is 0 Å².